The fourth-order valence-electron chi connectivity index (χ4n) is 2.80. The van der Waals surface area contributed by atoms with E-state index in [0.717, 1.165) is 6.42 Å². The number of hydrogen-bond acceptors (Lipinski definition) is 4. The fraction of sp³-hybridized carbons (Fsp3) is 1.00. The molecule has 5 heteroatoms. The van der Waals surface area contributed by atoms with E-state index in [2.05, 4.69) is 11.8 Å². The Kier molecular flexibility index (Phi) is 3.05. The Bertz CT molecular complexity index is 364. The highest BCUT2D eigenvalue weighted by Crippen LogP contribution is 2.43. The molecule has 2 atom stereocenters. The van der Waals surface area contributed by atoms with E-state index in [-0.39, 0.29) is 11.6 Å². The summed E-state index contributed by atoms with van der Waals surface area (Å²) in [5.74, 6) is 1.31. The van der Waals surface area contributed by atoms with E-state index in [9.17, 15) is 8.42 Å². The van der Waals surface area contributed by atoms with Crippen LogP contribution in [-0.4, -0.2) is 50.0 Å². The third-order valence-corrected chi connectivity index (χ3v) is 6.18. The largest absolute Gasteiger partial charge is 0.329 e. The lowest BCUT2D eigenvalue weighted by molar-refractivity contribution is 0.0831. The van der Waals surface area contributed by atoms with E-state index in [1.165, 1.54) is 12.8 Å². The van der Waals surface area contributed by atoms with E-state index in [4.69, 9.17) is 5.73 Å². The van der Waals surface area contributed by atoms with E-state index in [0.29, 0.717) is 24.0 Å². The predicted octanol–water partition coefficient (Wildman–Crippen LogP) is 0.233. The minimum atomic E-state index is -2.80. The van der Waals surface area contributed by atoms with Gasteiger partial charge in [-0.05, 0) is 39.2 Å². The SMILES string of the molecule is CN(C1CCS(=O)(=O)C1)C(C)(CN)C1CC1. The quantitative estimate of drug-likeness (QED) is 0.771. The van der Waals surface area contributed by atoms with Crippen LogP contribution in [0.5, 0.6) is 0 Å². The van der Waals surface area contributed by atoms with Gasteiger partial charge in [0.15, 0.2) is 9.84 Å². The lowest BCUT2D eigenvalue weighted by Gasteiger charge is -2.42. The molecule has 2 aliphatic rings. The third kappa shape index (κ3) is 2.13. The van der Waals surface area contributed by atoms with Gasteiger partial charge < -0.3 is 5.73 Å². The highest BCUT2D eigenvalue weighted by molar-refractivity contribution is 7.91. The normalized spacial score (nSPS) is 32.9. The molecule has 0 aromatic carbocycles. The Morgan fingerprint density at radius 2 is 2.00 bits per heavy atom. The second-order valence-corrected chi connectivity index (χ2v) is 7.73. The van der Waals surface area contributed by atoms with Crippen molar-refractivity contribution in [3.8, 4) is 0 Å². The Morgan fingerprint density at radius 3 is 2.38 bits per heavy atom. The molecule has 16 heavy (non-hydrogen) atoms. The zero-order valence-electron chi connectivity index (χ0n) is 10.1. The van der Waals surface area contributed by atoms with Crippen LogP contribution >= 0.6 is 0 Å². The lowest BCUT2D eigenvalue weighted by atomic mass is 9.92. The second-order valence-electron chi connectivity index (χ2n) is 5.50. The second kappa shape index (κ2) is 3.96. The molecule has 94 valence electrons. The highest BCUT2D eigenvalue weighted by atomic mass is 32.2. The van der Waals surface area contributed by atoms with E-state index in [1.807, 2.05) is 7.05 Å². The summed E-state index contributed by atoms with van der Waals surface area (Å²) in [6.45, 7) is 2.79. The van der Waals surface area contributed by atoms with Crippen LogP contribution in [0.2, 0.25) is 0 Å². The summed E-state index contributed by atoms with van der Waals surface area (Å²) >= 11 is 0. The molecule has 2 fully saturated rings. The van der Waals surface area contributed by atoms with Crippen LogP contribution in [0.15, 0.2) is 0 Å². The molecule has 1 saturated heterocycles. The number of rotatable bonds is 4. The molecule has 2 unspecified atom stereocenters. The maximum atomic E-state index is 11.5. The summed E-state index contributed by atoms with van der Waals surface area (Å²) in [5.41, 5.74) is 5.88. The van der Waals surface area contributed by atoms with Crippen molar-refractivity contribution in [3.63, 3.8) is 0 Å². The predicted molar refractivity (Wildman–Crippen MR) is 65.0 cm³/mol. The van der Waals surface area contributed by atoms with Gasteiger partial charge >= 0.3 is 0 Å². The van der Waals surface area contributed by atoms with Gasteiger partial charge in [-0.15, -0.1) is 0 Å². The zero-order valence-corrected chi connectivity index (χ0v) is 11.0. The van der Waals surface area contributed by atoms with Gasteiger partial charge in [-0.3, -0.25) is 4.90 Å². The molecular weight excluding hydrogens is 224 g/mol. The van der Waals surface area contributed by atoms with Gasteiger partial charge in [-0.25, -0.2) is 8.42 Å². The van der Waals surface area contributed by atoms with Crippen molar-refractivity contribution >= 4 is 9.84 Å². The van der Waals surface area contributed by atoms with E-state index >= 15 is 0 Å². The van der Waals surface area contributed by atoms with Crippen molar-refractivity contribution < 1.29 is 8.42 Å². The Morgan fingerprint density at radius 1 is 1.38 bits per heavy atom. The zero-order chi connectivity index (χ0) is 12.0. The van der Waals surface area contributed by atoms with Gasteiger partial charge in [-0.2, -0.15) is 0 Å². The summed E-state index contributed by atoms with van der Waals surface area (Å²) < 4.78 is 23.0. The lowest BCUT2D eigenvalue weighted by Crippen LogP contribution is -2.55. The summed E-state index contributed by atoms with van der Waals surface area (Å²) in [7, 11) is -0.758. The molecule has 0 aromatic rings. The van der Waals surface area contributed by atoms with Crippen LogP contribution in [0.4, 0.5) is 0 Å². The first kappa shape index (κ1) is 12.3. The standard InChI is InChI=1S/C11H22N2O2S/c1-11(8-12,9-3-4-9)13(2)10-5-6-16(14,15)7-10/h9-10H,3-8,12H2,1-2H3. The molecule has 4 nitrogen and oxygen atoms in total. The minimum Gasteiger partial charge on any atom is -0.329 e. The molecule has 1 aliphatic heterocycles. The first-order valence-corrected chi connectivity index (χ1v) is 7.84. The van der Waals surface area contributed by atoms with Gasteiger partial charge in [0.2, 0.25) is 0 Å². The molecule has 0 bridgehead atoms. The number of likely N-dealkylation sites (N-methyl/N-ethyl adjacent to an activating group) is 1. The van der Waals surface area contributed by atoms with Crippen molar-refractivity contribution in [2.45, 2.75) is 37.8 Å². The van der Waals surface area contributed by atoms with Gasteiger partial charge in [0, 0.05) is 18.1 Å². The summed E-state index contributed by atoms with van der Waals surface area (Å²) in [6.07, 6.45) is 3.23. The molecule has 0 amide bonds. The average Bonchev–Trinajstić information content (AvgIpc) is 3.01. The minimum absolute atomic E-state index is 0.00940. The monoisotopic (exact) mass is 246 g/mol. The fourth-order valence-corrected chi connectivity index (χ4v) is 4.58. The van der Waals surface area contributed by atoms with Crippen LogP contribution in [0.1, 0.15) is 26.2 Å². The number of hydrogen-bond donors (Lipinski definition) is 1. The summed E-state index contributed by atoms with van der Waals surface area (Å²) in [4.78, 5) is 2.23. The van der Waals surface area contributed by atoms with Crippen LogP contribution < -0.4 is 5.73 Å². The van der Waals surface area contributed by atoms with Crippen molar-refractivity contribution in [2.75, 3.05) is 25.1 Å². The van der Waals surface area contributed by atoms with Crippen LogP contribution in [0.3, 0.4) is 0 Å². The molecular formula is C11H22N2O2S. The van der Waals surface area contributed by atoms with Gasteiger partial charge in [0.1, 0.15) is 0 Å². The topological polar surface area (TPSA) is 63.4 Å². The maximum Gasteiger partial charge on any atom is 0.151 e. The van der Waals surface area contributed by atoms with Crippen molar-refractivity contribution in [3.05, 3.63) is 0 Å². The molecule has 0 radical (unpaired) electrons. The first-order valence-electron chi connectivity index (χ1n) is 6.02. The van der Waals surface area contributed by atoms with Crippen molar-refractivity contribution in [2.24, 2.45) is 11.7 Å². The van der Waals surface area contributed by atoms with Crippen molar-refractivity contribution in [1.29, 1.82) is 0 Å². The third-order valence-electron chi connectivity index (χ3n) is 4.43. The molecule has 1 heterocycles. The first-order chi connectivity index (χ1) is 7.39. The molecule has 1 aliphatic carbocycles. The van der Waals surface area contributed by atoms with Crippen LogP contribution in [0.25, 0.3) is 0 Å². The molecule has 0 spiro atoms. The van der Waals surface area contributed by atoms with Crippen LogP contribution in [0, 0.1) is 5.92 Å². The number of nitrogens with two attached hydrogens (primary N) is 1. The smallest absolute Gasteiger partial charge is 0.151 e. The average molecular weight is 246 g/mol. The molecule has 2 N–H and O–H groups in total. The Labute approximate surface area is 98.1 Å². The van der Waals surface area contributed by atoms with E-state index in [1.54, 1.807) is 0 Å². The van der Waals surface area contributed by atoms with Gasteiger partial charge in [0.05, 0.1) is 11.5 Å². The van der Waals surface area contributed by atoms with Crippen molar-refractivity contribution in [1.82, 2.24) is 4.90 Å². The maximum absolute atomic E-state index is 11.5. The van der Waals surface area contributed by atoms with Gasteiger partial charge in [-0.1, -0.05) is 0 Å². The summed E-state index contributed by atoms with van der Waals surface area (Å²) in [5, 5.41) is 0. The van der Waals surface area contributed by atoms with E-state index < -0.39 is 9.84 Å². The number of nitrogens with zero attached hydrogens (tertiary/aromatic N) is 1. The van der Waals surface area contributed by atoms with Gasteiger partial charge in [0.25, 0.3) is 0 Å². The Hall–Kier alpha value is -0.130. The molecule has 1 saturated carbocycles. The highest BCUT2D eigenvalue weighted by Gasteiger charge is 2.47. The van der Waals surface area contributed by atoms with Crippen LogP contribution in [-0.2, 0) is 9.84 Å². The Balaban J connectivity index is 2.09. The number of sulfone groups is 1. The molecule has 2 rings (SSSR count). The molecule has 0 aromatic heterocycles. The summed E-state index contributed by atoms with van der Waals surface area (Å²) in [6, 6.07) is 0.166.